The third-order valence-electron chi connectivity index (χ3n) is 2.66. The molecule has 0 saturated carbocycles. The van der Waals surface area contributed by atoms with Gasteiger partial charge in [0.05, 0.1) is 21.3 Å². The third kappa shape index (κ3) is 3.03. The highest BCUT2D eigenvalue weighted by Crippen LogP contribution is 2.21. The molecule has 1 aromatic heterocycles. The molecule has 2 aromatic rings. The van der Waals surface area contributed by atoms with Gasteiger partial charge in [-0.3, -0.25) is 9.00 Å². The molecule has 0 aliphatic carbocycles. The van der Waals surface area contributed by atoms with Gasteiger partial charge in [-0.25, -0.2) is 4.98 Å². The summed E-state index contributed by atoms with van der Waals surface area (Å²) in [6, 6.07) is 9.68. The number of nitrogens with one attached hydrogen (secondary N) is 1. The molecule has 1 aromatic carbocycles. The normalized spacial score (nSPS) is 11.8. The lowest BCUT2D eigenvalue weighted by atomic mass is 10.2. The lowest BCUT2D eigenvalue weighted by Crippen LogP contribution is -2.16. The molecule has 1 heterocycles. The van der Waals surface area contributed by atoms with Crippen molar-refractivity contribution in [1.29, 1.82) is 0 Å². The second kappa shape index (κ2) is 6.29. The standard InChI is InChI=1S/C14H14N2O3S/c1-2-20(19)12-8-4-3-6-10(12)14(18)16-13-11(17)7-5-9-15-13/h3-9,17H,2H2,1H3,(H,15,16,18)/t20-/m0/s1. The van der Waals surface area contributed by atoms with Crippen LogP contribution < -0.4 is 5.32 Å². The van der Waals surface area contributed by atoms with Crippen LogP contribution in [0.3, 0.4) is 0 Å². The van der Waals surface area contributed by atoms with E-state index in [9.17, 15) is 14.1 Å². The van der Waals surface area contributed by atoms with E-state index in [1.165, 1.54) is 12.3 Å². The summed E-state index contributed by atoms with van der Waals surface area (Å²) in [7, 11) is -1.23. The first kappa shape index (κ1) is 14.2. The molecular weight excluding hydrogens is 276 g/mol. The Balaban J connectivity index is 2.31. The van der Waals surface area contributed by atoms with Crippen LogP contribution >= 0.6 is 0 Å². The van der Waals surface area contributed by atoms with Gasteiger partial charge in [-0.1, -0.05) is 19.1 Å². The van der Waals surface area contributed by atoms with Gasteiger partial charge in [0.15, 0.2) is 11.6 Å². The van der Waals surface area contributed by atoms with E-state index in [2.05, 4.69) is 10.3 Å². The van der Waals surface area contributed by atoms with Gasteiger partial charge < -0.3 is 10.4 Å². The molecule has 1 amide bonds. The Hall–Kier alpha value is -2.21. The summed E-state index contributed by atoms with van der Waals surface area (Å²) in [5, 5.41) is 12.1. The molecule has 0 aliphatic heterocycles. The van der Waals surface area contributed by atoms with Crippen LogP contribution in [0.25, 0.3) is 0 Å². The number of carbonyl (C=O) groups excluding carboxylic acids is 1. The van der Waals surface area contributed by atoms with Crippen LogP contribution in [-0.4, -0.2) is 26.0 Å². The molecule has 104 valence electrons. The Bertz CT molecular complexity index is 658. The summed E-state index contributed by atoms with van der Waals surface area (Å²) >= 11 is 0. The molecule has 0 spiro atoms. The van der Waals surface area contributed by atoms with Crippen LogP contribution in [0.1, 0.15) is 17.3 Å². The van der Waals surface area contributed by atoms with Crippen LogP contribution in [0.4, 0.5) is 5.82 Å². The van der Waals surface area contributed by atoms with Gasteiger partial charge in [0.25, 0.3) is 5.91 Å². The monoisotopic (exact) mass is 290 g/mol. The maximum atomic E-state index is 12.2. The second-order valence-electron chi connectivity index (χ2n) is 3.96. The number of pyridine rings is 1. The summed E-state index contributed by atoms with van der Waals surface area (Å²) in [4.78, 5) is 16.6. The fourth-order valence-electron chi connectivity index (χ4n) is 1.68. The van der Waals surface area contributed by atoms with Crippen molar-refractivity contribution in [1.82, 2.24) is 4.98 Å². The molecule has 2 N–H and O–H groups in total. The molecule has 0 saturated heterocycles. The van der Waals surface area contributed by atoms with Crippen LogP contribution in [0.5, 0.6) is 5.75 Å². The molecule has 2 rings (SSSR count). The molecule has 0 fully saturated rings. The topological polar surface area (TPSA) is 79.3 Å². The Kier molecular flexibility index (Phi) is 4.47. The van der Waals surface area contributed by atoms with Crippen LogP contribution in [-0.2, 0) is 10.8 Å². The minimum absolute atomic E-state index is 0.0783. The number of anilines is 1. The molecule has 5 nitrogen and oxygen atoms in total. The average Bonchev–Trinajstić information content (AvgIpc) is 2.48. The minimum Gasteiger partial charge on any atom is -0.504 e. The van der Waals surface area contributed by atoms with Crippen molar-refractivity contribution in [2.75, 3.05) is 11.1 Å². The highest BCUT2D eigenvalue weighted by Gasteiger charge is 2.16. The zero-order valence-electron chi connectivity index (χ0n) is 10.9. The van der Waals surface area contributed by atoms with Crippen molar-refractivity contribution in [3.63, 3.8) is 0 Å². The second-order valence-corrected chi connectivity index (χ2v) is 5.66. The smallest absolute Gasteiger partial charge is 0.258 e. The summed E-state index contributed by atoms with van der Waals surface area (Å²) < 4.78 is 11.9. The zero-order chi connectivity index (χ0) is 14.5. The van der Waals surface area contributed by atoms with Crippen molar-refractivity contribution < 1.29 is 14.1 Å². The van der Waals surface area contributed by atoms with Gasteiger partial charge in [-0.05, 0) is 24.3 Å². The van der Waals surface area contributed by atoms with E-state index < -0.39 is 16.7 Å². The molecule has 20 heavy (non-hydrogen) atoms. The molecule has 1 atom stereocenters. The number of amides is 1. The number of hydrogen-bond donors (Lipinski definition) is 2. The summed E-state index contributed by atoms with van der Waals surface area (Å²) in [6.07, 6.45) is 1.46. The maximum absolute atomic E-state index is 12.2. The Morgan fingerprint density at radius 2 is 2.05 bits per heavy atom. The third-order valence-corrected chi connectivity index (χ3v) is 4.03. The van der Waals surface area contributed by atoms with Crippen molar-refractivity contribution in [3.8, 4) is 5.75 Å². The number of rotatable bonds is 4. The first-order chi connectivity index (χ1) is 9.63. The highest BCUT2D eigenvalue weighted by molar-refractivity contribution is 7.85. The molecular formula is C14H14N2O3S. The fraction of sp³-hybridized carbons (Fsp3) is 0.143. The number of carbonyl (C=O) groups is 1. The average molecular weight is 290 g/mol. The van der Waals surface area contributed by atoms with Crippen LogP contribution in [0.2, 0.25) is 0 Å². The van der Waals surface area contributed by atoms with Crippen LogP contribution in [0.15, 0.2) is 47.5 Å². The maximum Gasteiger partial charge on any atom is 0.258 e. The quantitative estimate of drug-likeness (QED) is 0.904. The van der Waals surface area contributed by atoms with Crippen molar-refractivity contribution in [2.45, 2.75) is 11.8 Å². The van der Waals surface area contributed by atoms with Gasteiger partial charge in [0, 0.05) is 11.9 Å². The van der Waals surface area contributed by atoms with E-state index >= 15 is 0 Å². The van der Waals surface area contributed by atoms with Gasteiger partial charge in [0.2, 0.25) is 0 Å². The zero-order valence-corrected chi connectivity index (χ0v) is 11.7. The van der Waals surface area contributed by atoms with E-state index in [1.807, 2.05) is 0 Å². The predicted octanol–water partition coefficient (Wildman–Crippen LogP) is 2.17. The van der Waals surface area contributed by atoms with Gasteiger partial charge in [0.1, 0.15) is 0 Å². The van der Waals surface area contributed by atoms with Crippen molar-refractivity contribution in [2.24, 2.45) is 0 Å². The van der Waals surface area contributed by atoms with Gasteiger partial charge in [-0.2, -0.15) is 0 Å². The lowest BCUT2D eigenvalue weighted by Gasteiger charge is -2.09. The SMILES string of the molecule is CC[S@](=O)c1ccccc1C(=O)Nc1ncccc1O. The number of nitrogens with zero attached hydrogens (tertiary/aromatic N) is 1. The Labute approximate surface area is 119 Å². The first-order valence-electron chi connectivity index (χ1n) is 6.06. The van der Waals surface area contributed by atoms with Crippen LogP contribution in [0, 0.1) is 0 Å². The van der Waals surface area contributed by atoms with E-state index in [0.717, 1.165) is 0 Å². The van der Waals surface area contributed by atoms with Crippen molar-refractivity contribution >= 4 is 22.5 Å². The lowest BCUT2D eigenvalue weighted by molar-refractivity contribution is 0.102. The highest BCUT2D eigenvalue weighted by atomic mass is 32.2. The predicted molar refractivity (Wildman–Crippen MR) is 77.2 cm³/mol. The fourth-order valence-corrected chi connectivity index (χ4v) is 2.62. The number of benzene rings is 1. The number of hydrogen-bond acceptors (Lipinski definition) is 4. The Morgan fingerprint density at radius 3 is 2.75 bits per heavy atom. The largest absolute Gasteiger partial charge is 0.504 e. The molecule has 0 aliphatic rings. The van der Waals surface area contributed by atoms with E-state index in [1.54, 1.807) is 37.3 Å². The minimum atomic E-state index is -1.23. The van der Waals surface area contributed by atoms with E-state index in [0.29, 0.717) is 16.2 Å². The number of aromatic nitrogens is 1. The molecule has 0 unspecified atom stereocenters. The van der Waals surface area contributed by atoms with Crippen molar-refractivity contribution in [3.05, 3.63) is 48.2 Å². The first-order valence-corrected chi connectivity index (χ1v) is 7.38. The number of aromatic hydroxyl groups is 1. The Morgan fingerprint density at radius 1 is 1.30 bits per heavy atom. The molecule has 0 bridgehead atoms. The summed E-state index contributed by atoms with van der Waals surface area (Å²) in [5.41, 5.74) is 0.317. The summed E-state index contributed by atoms with van der Waals surface area (Å²) in [5.74, 6) is -0.0556. The molecule has 0 radical (unpaired) electrons. The summed E-state index contributed by atoms with van der Waals surface area (Å²) in [6.45, 7) is 1.79. The van der Waals surface area contributed by atoms with E-state index in [4.69, 9.17) is 0 Å². The van der Waals surface area contributed by atoms with Gasteiger partial charge in [-0.15, -0.1) is 0 Å². The molecule has 6 heteroatoms. The van der Waals surface area contributed by atoms with E-state index in [-0.39, 0.29) is 11.6 Å². The van der Waals surface area contributed by atoms with Gasteiger partial charge >= 0.3 is 0 Å².